The lowest BCUT2D eigenvalue weighted by Crippen LogP contribution is -2.46. The third-order valence-corrected chi connectivity index (χ3v) is 4.79. The molecule has 1 aromatic rings. The highest BCUT2D eigenvalue weighted by atomic mass is 16.5. The largest absolute Gasteiger partial charge is 0.480 e. The van der Waals surface area contributed by atoms with Crippen molar-refractivity contribution in [1.29, 1.82) is 0 Å². The summed E-state index contributed by atoms with van der Waals surface area (Å²) >= 11 is 0. The number of hydrogen-bond acceptors (Lipinski definition) is 4. The average Bonchev–Trinajstić information content (AvgIpc) is 2.97. The number of rotatable bonds is 6. The molecule has 1 saturated carbocycles. The number of aromatic nitrogens is 2. The fourth-order valence-electron chi connectivity index (χ4n) is 3.24. The molecule has 1 aliphatic heterocycles. The number of nitrogens with zero attached hydrogens (tertiary/aromatic N) is 3. The van der Waals surface area contributed by atoms with Crippen LogP contribution >= 0.6 is 0 Å². The van der Waals surface area contributed by atoms with Gasteiger partial charge in [0.15, 0.2) is 0 Å². The third-order valence-electron chi connectivity index (χ3n) is 4.79. The molecule has 7 nitrogen and oxygen atoms in total. The van der Waals surface area contributed by atoms with E-state index in [9.17, 15) is 14.7 Å². The van der Waals surface area contributed by atoms with Crippen LogP contribution in [0.2, 0.25) is 0 Å². The Kier molecular flexibility index (Phi) is 4.95. The summed E-state index contributed by atoms with van der Waals surface area (Å²) in [5.74, 6) is -0.650. The molecule has 0 spiro atoms. The van der Waals surface area contributed by atoms with E-state index in [1.54, 1.807) is 16.9 Å². The minimum Gasteiger partial charge on any atom is -0.480 e. The zero-order valence-electron chi connectivity index (χ0n) is 13.2. The highest BCUT2D eigenvalue weighted by Crippen LogP contribution is 2.28. The molecule has 23 heavy (non-hydrogen) atoms. The van der Waals surface area contributed by atoms with Crippen molar-refractivity contribution in [3.63, 3.8) is 0 Å². The van der Waals surface area contributed by atoms with E-state index in [4.69, 9.17) is 4.74 Å². The third kappa shape index (κ3) is 3.72. The Hall–Kier alpha value is -1.89. The Morgan fingerprint density at radius 2 is 2.04 bits per heavy atom. The maximum atomic E-state index is 12.9. The normalized spacial score (nSPS) is 19.3. The van der Waals surface area contributed by atoms with E-state index < -0.39 is 5.97 Å². The van der Waals surface area contributed by atoms with Crippen LogP contribution in [0.5, 0.6) is 0 Å². The lowest BCUT2D eigenvalue weighted by atomic mass is 9.85. The molecule has 0 aromatic carbocycles. The number of amides is 1. The molecule has 1 aromatic heterocycles. The second-order valence-electron chi connectivity index (χ2n) is 6.37. The van der Waals surface area contributed by atoms with Crippen LogP contribution in [-0.2, 0) is 16.1 Å². The van der Waals surface area contributed by atoms with Crippen LogP contribution in [0.1, 0.15) is 42.6 Å². The van der Waals surface area contributed by atoms with Gasteiger partial charge in [-0.1, -0.05) is 6.42 Å². The molecule has 1 N–H and O–H groups in total. The molecule has 2 heterocycles. The molecular weight excluding hydrogens is 298 g/mol. The van der Waals surface area contributed by atoms with E-state index in [0.29, 0.717) is 37.7 Å². The topological polar surface area (TPSA) is 84.7 Å². The first-order valence-electron chi connectivity index (χ1n) is 8.27. The summed E-state index contributed by atoms with van der Waals surface area (Å²) in [6.07, 6.45) is 6.56. The van der Waals surface area contributed by atoms with Gasteiger partial charge in [-0.25, -0.2) is 0 Å². The molecular formula is C16H23N3O4. The lowest BCUT2D eigenvalue weighted by Gasteiger charge is -2.33. The predicted octanol–water partition coefficient (Wildman–Crippen LogP) is 1.39. The molecule has 3 rings (SSSR count). The Morgan fingerprint density at radius 1 is 1.30 bits per heavy atom. The Labute approximate surface area is 135 Å². The van der Waals surface area contributed by atoms with Crippen molar-refractivity contribution in [2.24, 2.45) is 5.92 Å². The van der Waals surface area contributed by atoms with Gasteiger partial charge in [-0.05, 0) is 37.7 Å². The molecule has 0 radical (unpaired) electrons. The number of hydrogen-bond donors (Lipinski definition) is 1. The van der Waals surface area contributed by atoms with Crippen LogP contribution in [0.15, 0.2) is 12.3 Å². The maximum absolute atomic E-state index is 12.9. The zero-order valence-corrected chi connectivity index (χ0v) is 13.2. The van der Waals surface area contributed by atoms with E-state index in [1.807, 2.05) is 0 Å². The van der Waals surface area contributed by atoms with Crippen molar-refractivity contribution < 1.29 is 19.4 Å². The Bertz CT molecular complexity index is 561. The standard InChI is InChI=1S/C16H23N3O4/c20-15(21)11-18(13-5-8-23-9-6-13)16(22)14-4-7-17-19(14)10-12-2-1-3-12/h4,7,12-13H,1-3,5-6,8-11H2,(H,20,21). The van der Waals surface area contributed by atoms with Crippen molar-refractivity contribution in [3.05, 3.63) is 18.0 Å². The van der Waals surface area contributed by atoms with Gasteiger partial charge in [0, 0.05) is 32.0 Å². The molecule has 126 valence electrons. The molecule has 0 bridgehead atoms. The van der Waals surface area contributed by atoms with E-state index in [1.165, 1.54) is 24.2 Å². The van der Waals surface area contributed by atoms with Gasteiger partial charge in [-0.2, -0.15) is 5.10 Å². The van der Waals surface area contributed by atoms with Gasteiger partial charge in [-0.3, -0.25) is 14.3 Å². The van der Waals surface area contributed by atoms with Crippen LogP contribution in [0.3, 0.4) is 0 Å². The summed E-state index contributed by atoms with van der Waals surface area (Å²) in [5, 5.41) is 13.4. The van der Waals surface area contributed by atoms with Crippen molar-refractivity contribution in [1.82, 2.24) is 14.7 Å². The van der Waals surface area contributed by atoms with Crippen LogP contribution in [0.25, 0.3) is 0 Å². The van der Waals surface area contributed by atoms with E-state index >= 15 is 0 Å². The number of carbonyl (C=O) groups excluding carboxylic acids is 1. The monoisotopic (exact) mass is 321 g/mol. The summed E-state index contributed by atoms with van der Waals surface area (Å²) in [4.78, 5) is 25.6. The first-order chi connectivity index (χ1) is 11.1. The zero-order chi connectivity index (χ0) is 16.2. The Balaban J connectivity index is 1.76. The van der Waals surface area contributed by atoms with Gasteiger partial charge in [0.25, 0.3) is 5.91 Å². The van der Waals surface area contributed by atoms with Gasteiger partial charge >= 0.3 is 5.97 Å². The second kappa shape index (κ2) is 7.12. The average molecular weight is 321 g/mol. The Morgan fingerprint density at radius 3 is 2.65 bits per heavy atom. The predicted molar refractivity (Wildman–Crippen MR) is 82.1 cm³/mol. The minimum atomic E-state index is -0.991. The fourth-order valence-corrected chi connectivity index (χ4v) is 3.24. The first kappa shape index (κ1) is 16.0. The summed E-state index contributed by atoms with van der Waals surface area (Å²) in [7, 11) is 0. The van der Waals surface area contributed by atoms with Crippen LogP contribution in [0, 0.1) is 5.92 Å². The van der Waals surface area contributed by atoms with Crippen LogP contribution < -0.4 is 0 Å². The van der Waals surface area contributed by atoms with Gasteiger partial charge in [0.05, 0.1) is 0 Å². The second-order valence-corrected chi connectivity index (χ2v) is 6.37. The summed E-state index contributed by atoms with van der Waals surface area (Å²) in [6, 6.07) is 1.61. The van der Waals surface area contributed by atoms with Crippen molar-refractivity contribution in [3.8, 4) is 0 Å². The summed E-state index contributed by atoms with van der Waals surface area (Å²) in [5.41, 5.74) is 0.490. The number of aliphatic carboxylic acids is 1. The molecule has 2 aliphatic rings. The van der Waals surface area contributed by atoms with Gasteiger partial charge < -0.3 is 14.7 Å². The number of ether oxygens (including phenoxy) is 1. The first-order valence-corrected chi connectivity index (χ1v) is 8.27. The molecule has 1 amide bonds. The van der Waals surface area contributed by atoms with Crippen LogP contribution in [0.4, 0.5) is 0 Å². The molecule has 1 aliphatic carbocycles. The number of carbonyl (C=O) groups is 2. The van der Waals surface area contributed by atoms with E-state index in [-0.39, 0.29) is 18.5 Å². The molecule has 7 heteroatoms. The fraction of sp³-hybridized carbons (Fsp3) is 0.688. The quantitative estimate of drug-likeness (QED) is 0.856. The highest BCUT2D eigenvalue weighted by molar-refractivity contribution is 5.94. The minimum absolute atomic E-state index is 0.0839. The van der Waals surface area contributed by atoms with Gasteiger partial charge in [0.2, 0.25) is 0 Å². The molecule has 0 unspecified atom stereocenters. The van der Waals surface area contributed by atoms with Crippen molar-refractivity contribution >= 4 is 11.9 Å². The smallest absolute Gasteiger partial charge is 0.323 e. The summed E-state index contributed by atoms with van der Waals surface area (Å²) < 4.78 is 7.06. The molecule has 2 fully saturated rings. The lowest BCUT2D eigenvalue weighted by molar-refractivity contribution is -0.138. The van der Waals surface area contributed by atoms with Gasteiger partial charge in [-0.15, -0.1) is 0 Å². The van der Waals surface area contributed by atoms with E-state index in [2.05, 4.69) is 5.10 Å². The molecule has 1 saturated heterocycles. The van der Waals surface area contributed by atoms with E-state index in [0.717, 1.165) is 6.54 Å². The van der Waals surface area contributed by atoms with Crippen LogP contribution in [-0.4, -0.2) is 57.5 Å². The summed E-state index contributed by atoms with van der Waals surface area (Å²) in [6.45, 7) is 1.59. The number of carboxylic acids is 1. The van der Waals surface area contributed by atoms with Crippen molar-refractivity contribution in [2.75, 3.05) is 19.8 Å². The highest BCUT2D eigenvalue weighted by Gasteiger charge is 2.30. The molecule has 0 atom stereocenters. The SMILES string of the molecule is O=C(O)CN(C(=O)c1ccnn1CC1CCC1)C1CCOCC1. The van der Waals surface area contributed by atoms with Gasteiger partial charge in [0.1, 0.15) is 12.2 Å². The maximum Gasteiger partial charge on any atom is 0.323 e. The number of carboxylic acid groups (broad SMARTS) is 1. The van der Waals surface area contributed by atoms with Crippen molar-refractivity contribution in [2.45, 2.75) is 44.7 Å².